The standard InChI is InChI=1S/C17H16Cl2N4O2/c1-3-24-17(25-4-2)16(9-21)13(15(16,8-20)14(22)23-17)10-6-5-7-11(18)12(10)19/h5-7,13H,3-4H2,1-2H3,(H2,22,23)/t13-,15+,16+/m1/s1. The molecule has 1 saturated carbocycles. The van der Waals surface area contributed by atoms with Crippen LogP contribution in [0.1, 0.15) is 25.3 Å². The molecule has 1 heterocycles. The van der Waals surface area contributed by atoms with Gasteiger partial charge in [-0.1, -0.05) is 35.3 Å². The fraction of sp³-hybridized carbons (Fsp3) is 0.471. The van der Waals surface area contributed by atoms with E-state index >= 15 is 0 Å². The summed E-state index contributed by atoms with van der Waals surface area (Å²) in [7, 11) is 0. The van der Waals surface area contributed by atoms with Crippen molar-refractivity contribution in [3.05, 3.63) is 33.8 Å². The van der Waals surface area contributed by atoms with Crippen LogP contribution in [0.25, 0.3) is 0 Å². The number of nitrogens with zero attached hydrogens (tertiary/aromatic N) is 3. The van der Waals surface area contributed by atoms with Gasteiger partial charge in [0.2, 0.25) is 0 Å². The average molecular weight is 379 g/mol. The maximum Gasteiger partial charge on any atom is 0.293 e. The van der Waals surface area contributed by atoms with Gasteiger partial charge in [-0.3, -0.25) is 0 Å². The number of rotatable bonds is 5. The normalized spacial score (nSPS) is 31.6. The Morgan fingerprint density at radius 1 is 1.20 bits per heavy atom. The Hall–Kier alpha value is -1.83. The molecule has 3 atom stereocenters. The van der Waals surface area contributed by atoms with Crippen LogP contribution in [-0.4, -0.2) is 25.0 Å². The smallest absolute Gasteiger partial charge is 0.293 e. The van der Waals surface area contributed by atoms with Crippen molar-refractivity contribution in [1.29, 1.82) is 10.5 Å². The Labute approximate surface area is 155 Å². The van der Waals surface area contributed by atoms with E-state index in [0.717, 1.165) is 0 Å². The summed E-state index contributed by atoms with van der Waals surface area (Å²) < 4.78 is 11.5. The van der Waals surface area contributed by atoms with E-state index in [0.29, 0.717) is 10.6 Å². The molecule has 0 spiro atoms. The third kappa shape index (κ3) is 1.89. The molecule has 1 aromatic carbocycles. The quantitative estimate of drug-likeness (QED) is 0.791. The number of halogens is 2. The summed E-state index contributed by atoms with van der Waals surface area (Å²) in [6, 6.07) is 9.48. The van der Waals surface area contributed by atoms with Gasteiger partial charge in [-0.15, -0.1) is 0 Å². The predicted molar refractivity (Wildman–Crippen MR) is 92.9 cm³/mol. The number of amidine groups is 1. The van der Waals surface area contributed by atoms with Crippen molar-refractivity contribution in [2.24, 2.45) is 21.6 Å². The van der Waals surface area contributed by atoms with Gasteiger partial charge in [0.15, 0.2) is 5.41 Å². The second kappa shape index (κ2) is 5.86. The molecule has 1 aliphatic heterocycles. The third-order valence-electron chi connectivity index (χ3n) is 4.90. The summed E-state index contributed by atoms with van der Waals surface area (Å²) >= 11 is 12.5. The zero-order valence-corrected chi connectivity index (χ0v) is 15.2. The summed E-state index contributed by atoms with van der Waals surface area (Å²) in [5.74, 6) is -2.29. The lowest BCUT2D eigenvalue weighted by Crippen LogP contribution is -2.43. The number of aliphatic imine (C=N–C) groups is 1. The third-order valence-corrected chi connectivity index (χ3v) is 5.73. The molecule has 0 aromatic heterocycles. The van der Waals surface area contributed by atoms with Crippen molar-refractivity contribution in [2.75, 3.05) is 13.2 Å². The fourth-order valence-corrected chi connectivity index (χ4v) is 4.38. The molecular weight excluding hydrogens is 363 g/mol. The molecular formula is C17H16Cl2N4O2. The summed E-state index contributed by atoms with van der Waals surface area (Å²) in [4.78, 5) is 4.27. The topological polar surface area (TPSA) is 104 Å². The second-order valence-corrected chi connectivity index (χ2v) is 6.65. The number of fused-ring (bicyclic) bond motifs is 1. The largest absolute Gasteiger partial charge is 0.386 e. The fourth-order valence-electron chi connectivity index (χ4n) is 3.96. The molecule has 0 bridgehead atoms. The lowest BCUT2D eigenvalue weighted by molar-refractivity contribution is -0.255. The molecule has 2 aliphatic rings. The highest BCUT2D eigenvalue weighted by Crippen LogP contribution is 2.82. The monoisotopic (exact) mass is 378 g/mol. The summed E-state index contributed by atoms with van der Waals surface area (Å²) in [6.07, 6.45) is 0. The minimum atomic E-state index is -1.65. The zero-order valence-electron chi connectivity index (χ0n) is 13.7. The first kappa shape index (κ1) is 18.0. The molecule has 2 N–H and O–H groups in total. The minimum absolute atomic E-state index is 0.0134. The Balaban J connectivity index is 2.27. The van der Waals surface area contributed by atoms with Crippen LogP contribution in [0.3, 0.4) is 0 Å². The van der Waals surface area contributed by atoms with Crippen LogP contribution < -0.4 is 5.73 Å². The van der Waals surface area contributed by atoms with Gasteiger partial charge in [0.05, 0.1) is 22.2 Å². The van der Waals surface area contributed by atoms with Gasteiger partial charge in [-0.05, 0) is 25.5 Å². The maximum atomic E-state index is 10.1. The molecule has 1 aliphatic carbocycles. The Bertz CT molecular complexity index is 838. The van der Waals surface area contributed by atoms with E-state index in [4.69, 9.17) is 38.4 Å². The van der Waals surface area contributed by atoms with Crippen LogP contribution in [0.5, 0.6) is 0 Å². The van der Waals surface area contributed by atoms with Crippen LogP contribution in [0.15, 0.2) is 23.2 Å². The van der Waals surface area contributed by atoms with Crippen molar-refractivity contribution < 1.29 is 9.47 Å². The van der Waals surface area contributed by atoms with Crippen molar-refractivity contribution in [3.63, 3.8) is 0 Å². The summed E-state index contributed by atoms with van der Waals surface area (Å²) in [6.45, 7) is 3.98. The Morgan fingerprint density at radius 2 is 1.84 bits per heavy atom. The van der Waals surface area contributed by atoms with Gasteiger partial charge in [0.25, 0.3) is 5.91 Å². The van der Waals surface area contributed by atoms with Crippen molar-refractivity contribution in [2.45, 2.75) is 25.7 Å². The van der Waals surface area contributed by atoms with E-state index in [1.54, 1.807) is 32.0 Å². The van der Waals surface area contributed by atoms with Crippen LogP contribution in [0, 0.1) is 33.5 Å². The lowest BCUT2D eigenvalue weighted by atomic mass is 9.93. The molecule has 8 heteroatoms. The highest BCUT2D eigenvalue weighted by molar-refractivity contribution is 6.42. The highest BCUT2D eigenvalue weighted by atomic mass is 35.5. The zero-order chi connectivity index (χ0) is 18.5. The Morgan fingerprint density at radius 3 is 2.36 bits per heavy atom. The van der Waals surface area contributed by atoms with E-state index < -0.39 is 22.7 Å². The van der Waals surface area contributed by atoms with E-state index in [9.17, 15) is 10.5 Å². The molecule has 0 saturated heterocycles. The number of nitriles is 2. The van der Waals surface area contributed by atoms with Gasteiger partial charge in [-0.25, -0.2) is 4.99 Å². The first-order valence-electron chi connectivity index (χ1n) is 7.82. The van der Waals surface area contributed by atoms with Crippen LogP contribution in [0.4, 0.5) is 0 Å². The summed E-state index contributed by atoms with van der Waals surface area (Å²) in [5.41, 5.74) is 3.87. The highest BCUT2D eigenvalue weighted by Gasteiger charge is 2.94. The number of nitrogens with two attached hydrogens (primary N) is 1. The number of ether oxygens (including phenoxy) is 2. The molecule has 0 radical (unpaired) electrons. The van der Waals surface area contributed by atoms with Crippen molar-refractivity contribution in [1.82, 2.24) is 0 Å². The van der Waals surface area contributed by atoms with Crippen LogP contribution in [0.2, 0.25) is 10.0 Å². The molecule has 1 fully saturated rings. The summed E-state index contributed by atoms with van der Waals surface area (Å²) in [5, 5.41) is 20.7. The second-order valence-electron chi connectivity index (χ2n) is 5.86. The van der Waals surface area contributed by atoms with Gasteiger partial charge in [0.1, 0.15) is 11.3 Å². The van der Waals surface area contributed by atoms with Gasteiger partial charge in [-0.2, -0.15) is 10.5 Å². The minimum Gasteiger partial charge on any atom is -0.386 e. The maximum absolute atomic E-state index is 10.1. The number of benzene rings is 1. The molecule has 3 rings (SSSR count). The number of hydrogen-bond acceptors (Lipinski definition) is 6. The van der Waals surface area contributed by atoms with E-state index in [2.05, 4.69) is 17.1 Å². The average Bonchev–Trinajstić information content (AvgIpc) is 3.16. The molecule has 130 valence electrons. The van der Waals surface area contributed by atoms with E-state index in [-0.39, 0.29) is 24.1 Å². The predicted octanol–water partition coefficient (Wildman–Crippen LogP) is 3.21. The van der Waals surface area contributed by atoms with E-state index in [1.807, 2.05) is 0 Å². The lowest BCUT2D eigenvalue weighted by Gasteiger charge is -2.31. The Kier molecular flexibility index (Phi) is 4.21. The van der Waals surface area contributed by atoms with Gasteiger partial charge < -0.3 is 15.2 Å². The number of hydrogen-bond donors (Lipinski definition) is 1. The molecule has 25 heavy (non-hydrogen) atoms. The first-order valence-corrected chi connectivity index (χ1v) is 8.58. The SMILES string of the molecule is CCOC1(OCC)N=C(N)[C@]2(C#N)[C@@H](c3cccc(Cl)c3Cl)[C@]12C#N. The van der Waals surface area contributed by atoms with Gasteiger partial charge >= 0.3 is 0 Å². The van der Waals surface area contributed by atoms with Crippen molar-refractivity contribution >= 4 is 29.0 Å². The molecule has 0 amide bonds. The van der Waals surface area contributed by atoms with Crippen LogP contribution in [-0.2, 0) is 9.47 Å². The van der Waals surface area contributed by atoms with E-state index in [1.165, 1.54) is 0 Å². The molecule has 6 nitrogen and oxygen atoms in total. The molecule has 0 unspecified atom stereocenters. The van der Waals surface area contributed by atoms with Gasteiger partial charge in [0, 0.05) is 19.1 Å². The molecule has 1 aromatic rings. The van der Waals surface area contributed by atoms with Crippen molar-refractivity contribution in [3.8, 4) is 12.1 Å². The first-order chi connectivity index (χ1) is 11.9. The van der Waals surface area contributed by atoms with Crippen LogP contribution >= 0.6 is 23.2 Å².